The normalized spacial score (nSPS) is 15.5. The van der Waals surface area contributed by atoms with Crippen LogP contribution in [0.4, 0.5) is 5.69 Å². The molecule has 1 aliphatic rings. The molecule has 9 heteroatoms. The van der Waals surface area contributed by atoms with Crippen molar-refractivity contribution in [2.75, 3.05) is 6.73 Å². The molecule has 0 aliphatic heterocycles. The van der Waals surface area contributed by atoms with Crippen LogP contribution in [0.5, 0.6) is 0 Å². The summed E-state index contributed by atoms with van der Waals surface area (Å²) >= 11 is 0. The van der Waals surface area contributed by atoms with Crippen LogP contribution in [-0.4, -0.2) is 29.6 Å². The first-order valence-electron chi connectivity index (χ1n) is 7.79. The van der Waals surface area contributed by atoms with Gasteiger partial charge < -0.3 is 20.9 Å². The van der Waals surface area contributed by atoms with Gasteiger partial charge in [-0.05, 0) is 43.4 Å². The van der Waals surface area contributed by atoms with E-state index in [4.69, 9.17) is 9.47 Å². The van der Waals surface area contributed by atoms with Crippen LogP contribution in [-0.2, 0) is 25.7 Å². The number of carbonyl (C=O) groups excluding carboxylic acids is 2. The summed E-state index contributed by atoms with van der Waals surface area (Å²) in [5.74, 6) is -0.488. The van der Waals surface area contributed by atoms with Crippen molar-refractivity contribution in [3.05, 3.63) is 39.9 Å². The number of carbonyl (C=O) groups is 2. The molecule has 9 nitrogen and oxygen atoms in total. The molecule has 1 aromatic carbocycles. The van der Waals surface area contributed by atoms with Gasteiger partial charge in [-0.15, -0.1) is 0 Å². The number of ether oxygens (including phenoxy) is 2. The summed E-state index contributed by atoms with van der Waals surface area (Å²) in [5.41, 5.74) is -0.278. The maximum Gasteiger partial charge on any atom is 0.340 e. The van der Waals surface area contributed by atoms with Gasteiger partial charge in [0.1, 0.15) is 0 Å². The van der Waals surface area contributed by atoms with E-state index in [1.807, 2.05) is 0 Å². The summed E-state index contributed by atoms with van der Waals surface area (Å²) in [7, 11) is 0. The van der Waals surface area contributed by atoms with E-state index >= 15 is 0 Å². The number of nitrogens with one attached hydrogen (secondary N) is 1. The molecule has 0 aromatic heterocycles. The van der Waals surface area contributed by atoms with Crippen LogP contribution in [0.3, 0.4) is 0 Å². The quantitative estimate of drug-likeness (QED) is 0.182. The van der Waals surface area contributed by atoms with Gasteiger partial charge in [0.2, 0.25) is 6.41 Å². The highest BCUT2D eigenvalue weighted by Gasteiger charge is 2.42. The third kappa shape index (κ3) is 5.50. The Kier molecular flexibility index (Phi) is 7.96. The standard InChI is InChI=1S/C16H20N2O6.H3N/c19-11-17-12-23-15(20)16(8-2-1-3-9-16)24-10-13-4-6-14(7-5-13)18(21)22;/h4-7,11H,1-3,8-10,12H2,(H,17,19);1H3. The topological polar surface area (TPSA) is 143 Å². The fourth-order valence-electron chi connectivity index (χ4n) is 2.74. The van der Waals surface area contributed by atoms with Crippen LogP contribution in [0, 0.1) is 10.1 Å². The van der Waals surface area contributed by atoms with Crippen LogP contribution < -0.4 is 11.5 Å². The summed E-state index contributed by atoms with van der Waals surface area (Å²) in [6.07, 6.45) is 4.31. The van der Waals surface area contributed by atoms with E-state index in [2.05, 4.69) is 5.32 Å². The molecule has 25 heavy (non-hydrogen) atoms. The van der Waals surface area contributed by atoms with E-state index in [1.165, 1.54) is 12.1 Å². The molecule has 1 amide bonds. The number of non-ortho nitro benzene ring substituents is 1. The van der Waals surface area contributed by atoms with Crippen molar-refractivity contribution in [3.63, 3.8) is 0 Å². The molecule has 0 unspecified atom stereocenters. The molecule has 1 saturated carbocycles. The molecule has 0 radical (unpaired) electrons. The Labute approximate surface area is 145 Å². The van der Waals surface area contributed by atoms with Crippen LogP contribution in [0.1, 0.15) is 37.7 Å². The number of rotatable bonds is 8. The van der Waals surface area contributed by atoms with Crippen molar-refractivity contribution < 1.29 is 24.0 Å². The molecule has 0 atom stereocenters. The number of nitrogens with zero attached hydrogens (tertiary/aromatic N) is 1. The number of amides is 1. The number of esters is 1. The summed E-state index contributed by atoms with van der Waals surface area (Å²) in [4.78, 5) is 32.8. The highest BCUT2D eigenvalue weighted by molar-refractivity contribution is 5.79. The minimum absolute atomic E-state index is 0. The second-order valence-electron chi connectivity index (χ2n) is 5.67. The van der Waals surface area contributed by atoms with Crippen molar-refractivity contribution >= 4 is 18.1 Å². The van der Waals surface area contributed by atoms with Gasteiger partial charge in [0.25, 0.3) is 5.69 Å². The number of nitro benzene ring substituents is 1. The third-order valence-corrected chi connectivity index (χ3v) is 4.07. The molecular formula is C16H23N3O6. The molecule has 1 aromatic rings. The molecule has 2 rings (SSSR count). The van der Waals surface area contributed by atoms with E-state index in [9.17, 15) is 19.7 Å². The molecule has 4 N–H and O–H groups in total. The molecule has 1 aliphatic carbocycles. The lowest BCUT2D eigenvalue weighted by Crippen LogP contribution is -2.45. The maximum atomic E-state index is 12.4. The molecular weight excluding hydrogens is 330 g/mol. The fraction of sp³-hybridized carbons (Fsp3) is 0.500. The summed E-state index contributed by atoms with van der Waals surface area (Å²) < 4.78 is 11.0. The lowest BCUT2D eigenvalue weighted by atomic mass is 9.84. The van der Waals surface area contributed by atoms with Crippen molar-refractivity contribution in [2.24, 2.45) is 0 Å². The first-order valence-corrected chi connectivity index (χ1v) is 7.79. The highest BCUT2D eigenvalue weighted by atomic mass is 16.6. The van der Waals surface area contributed by atoms with Gasteiger partial charge >= 0.3 is 5.97 Å². The molecule has 138 valence electrons. The average molecular weight is 353 g/mol. The third-order valence-electron chi connectivity index (χ3n) is 4.07. The average Bonchev–Trinajstić information content (AvgIpc) is 2.61. The Balaban J connectivity index is 0.00000312. The van der Waals surface area contributed by atoms with E-state index < -0.39 is 16.5 Å². The van der Waals surface area contributed by atoms with Gasteiger partial charge in [0.05, 0.1) is 11.5 Å². The number of benzene rings is 1. The van der Waals surface area contributed by atoms with E-state index in [1.54, 1.807) is 12.1 Å². The number of nitro groups is 1. The van der Waals surface area contributed by atoms with Crippen molar-refractivity contribution in [1.29, 1.82) is 0 Å². The minimum Gasteiger partial charge on any atom is -0.442 e. The van der Waals surface area contributed by atoms with E-state index in [-0.39, 0.29) is 25.2 Å². The van der Waals surface area contributed by atoms with Crippen molar-refractivity contribution in [2.45, 2.75) is 44.3 Å². The predicted octanol–water partition coefficient (Wildman–Crippen LogP) is 2.22. The Morgan fingerprint density at radius 3 is 2.44 bits per heavy atom. The Morgan fingerprint density at radius 2 is 1.88 bits per heavy atom. The van der Waals surface area contributed by atoms with Crippen molar-refractivity contribution in [1.82, 2.24) is 11.5 Å². The number of hydrogen-bond donors (Lipinski definition) is 2. The first kappa shape index (κ1) is 20.5. The predicted molar refractivity (Wildman–Crippen MR) is 88.9 cm³/mol. The van der Waals surface area contributed by atoms with Gasteiger partial charge in [-0.1, -0.05) is 6.42 Å². The second kappa shape index (κ2) is 9.70. The zero-order valence-electron chi connectivity index (χ0n) is 13.9. The lowest BCUT2D eigenvalue weighted by molar-refractivity contribution is -0.384. The van der Waals surface area contributed by atoms with E-state index in [0.29, 0.717) is 19.3 Å². The Morgan fingerprint density at radius 1 is 1.24 bits per heavy atom. The summed E-state index contributed by atoms with van der Waals surface area (Å²) in [6, 6.07) is 6.01. The van der Waals surface area contributed by atoms with Crippen LogP contribution in [0.15, 0.2) is 24.3 Å². The Bertz CT molecular complexity index is 584. The molecule has 0 spiro atoms. The monoisotopic (exact) mass is 353 g/mol. The van der Waals surface area contributed by atoms with Crippen LogP contribution >= 0.6 is 0 Å². The maximum absolute atomic E-state index is 12.4. The number of hydrogen-bond acceptors (Lipinski definition) is 7. The van der Waals surface area contributed by atoms with Crippen molar-refractivity contribution in [3.8, 4) is 0 Å². The second-order valence-corrected chi connectivity index (χ2v) is 5.67. The first-order chi connectivity index (χ1) is 11.6. The highest BCUT2D eigenvalue weighted by Crippen LogP contribution is 2.33. The van der Waals surface area contributed by atoms with E-state index in [0.717, 1.165) is 24.8 Å². The molecule has 0 heterocycles. The molecule has 1 fully saturated rings. The SMILES string of the molecule is N.O=CNCOC(=O)C1(OCc2ccc([N+](=O)[O-])cc2)CCCCC1. The van der Waals surface area contributed by atoms with Gasteiger partial charge in [-0.2, -0.15) is 0 Å². The zero-order chi connectivity index (χ0) is 17.4. The van der Waals surface area contributed by atoms with Gasteiger partial charge in [0.15, 0.2) is 12.3 Å². The zero-order valence-corrected chi connectivity index (χ0v) is 13.9. The molecule has 0 bridgehead atoms. The summed E-state index contributed by atoms with van der Waals surface area (Å²) in [5, 5.41) is 12.9. The minimum atomic E-state index is -1.02. The molecule has 0 saturated heterocycles. The van der Waals surface area contributed by atoms with Gasteiger partial charge in [0, 0.05) is 12.1 Å². The van der Waals surface area contributed by atoms with Crippen LogP contribution in [0.25, 0.3) is 0 Å². The Hall–Kier alpha value is -2.52. The van der Waals surface area contributed by atoms with Crippen LogP contribution in [0.2, 0.25) is 0 Å². The smallest absolute Gasteiger partial charge is 0.340 e. The van der Waals surface area contributed by atoms with Gasteiger partial charge in [-0.3, -0.25) is 14.9 Å². The van der Waals surface area contributed by atoms with Gasteiger partial charge in [-0.25, -0.2) is 4.79 Å². The largest absolute Gasteiger partial charge is 0.442 e. The fourth-order valence-corrected chi connectivity index (χ4v) is 2.74. The summed E-state index contributed by atoms with van der Waals surface area (Å²) in [6.45, 7) is -0.0286. The lowest BCUT2D eigenvalue weighted by Gasteiger charge is -2.34.